The van der Waals surface area contributed by atoms with Crippen molar-refractivity contribution in [1.29, 1.82) is 0 Å². The van der Waals surface area contributed by atoms with Crippen LogP contribution in [0, 0.1) is 6.92 Å². The Morgan fingerprint density at radius 2 is 2.12 bits per heavy atom. The highest BCUT2D eigenvalue weighted by molar-refractivity contribution is 5.74. The average molecular weight is 340 g/mol. The third kappa shape index (κ3) is 4.86. The number of urea groups is 1. The van der Waals surface area contributed by atoms with Crippen LogP contribution in [0.3, 0.4) is 0 Å². The number of hydrogen-bond donors (Lipinski definition) is 3. The first kappa shape index (κ1) is 17.1. The van der Waals surface area contributed by atoms with Gasteiger partial charge in [-0.2, -0.15) is 0 Å². The van der Waals surface area contributed by atoms with Crippen LogP contribution in [0.25, 0.3) is 0 Å². The van der Waals surface area contributed by atoms with E-state index in [0.29, 0.717) is 13.2 Å². The van der Waals surface area contributed by atoms with E-state index < -0.39 is 0 Å². The maximum Gasteiger partial charge on any atom is 0.315 e. The van der Waals surface area contributed by atoms with Crippen LogP contribution in [0.4, 0.5) is 10.6 Å². The lowest BCUT2D eigenvalue weighted by Gasteiger charge is -2.26. The number of carbonyl (C=O) groups is 1. The number of amides is 2. The largest absolute Gasteiger partial charge is 0.493 e. The monoisotopic (exact) mass is 340 g/mol. The number of ether oxygens (including phenoxy) is 1. The minimum atomic E-state index is -0.143. The van der Waals surface area contributed by atoms with Gasteiger partial charge in [-0.25, -0.2) is 9.78 Å². The van der Waals surface area contributed by atoms with E-state index >= 15 is 0 Å². The Labute approximate surface area is 148 Å². The van der Waals surface area contributed by atoms with Crippen molar-refractivity contribution in [2.24, 2.45) is 0 Å². The Bertz CT molecular complexity index is 703. The summed E-state index contributed by atoms with van der Waals surface area (Å²) in [6.45, 7) is 4.00. The van der Waals surface area contributed by atoms with Gasteiger partial charge in [-0.3, -0.25) is 0 Å². The van der Waals surface area contributed by atoms with E-state index in [4.69, 9.17) is 4.74 Å². The van der Waals surface area contributed by atoms with Crippen LogP contribution >= 0.6 is 0 Å². The number of aryl methyl sites for hydroxylation is 1. The highest BCUT2D eigenvalue weighted by Gasteiger charge is 2.22. The average Bonchev–Trinajstić information content (AvgIpc) is 2.63. The zero-order valence-corrected chi connectivity index (χ0v) is 14.4. The van der Waals surface area contributed by atoms with Gasteiger partial charge in [0.25, 0.3) is 0 Å². The number of para-hydroxylation sites is 1. The van der Waals surface area contributed by atoms with E-state index in [2.05, 4.69) is 20.9 Å². The Morgan fingerprint density at radius 1 is 1.24 bits per heavy atom. The fourth-order valence-corrected chi connectivity index (χ4v) is 2.78. The number of anilines is 1. The fraction of sp³-hybridized carbons (Fsp3) is 0.368. The molecule has 1 aromatic carbocycles. The standard InChI is InChI=1S/C19H24N4O2/c1-14-7-8-18(22-13-14)20-10-4-11-21-19(24)23-16-9-12-25-17-6-3-2-5-15(16)17/h2-3,5-8,13,16H,4,9-12H2,1H3,(H,20,22)(H2,21,23,24)/t16-/m0/s1. The highest BCUT2D eigenvalue weighted by atomic mass is 16.5. The van der Waals surface area contributed by atoms with E-state index in [1.807, 2.05) is 49.5 Å². The molecule has 1 atom stereocenters. The third-order valence-electron chi connectivity index (χ3n) is 4.12. The number of carbonyl (C=O) groups excluding carboxylic acids is 1. The molecule has 6 heteroatoms. The minimum absolute atomic E-state index is 0.000154. The molecule has 1 aliphatic rings. The van der Waals surface area contributed by atoms with Gasteiger partial charge in [0.1, 0.15) is 11.6 Å². The smallest absolute Gasteiger partial charge is 0.315 e. The van der Waals surface area contributed by atoms with Crippen LogP contribution in [0.5, 0.6) is 5.75 Å². The van der Waals surface area contributed by atoms with Crippen molar-refractivity contribution in [2.75, 3.05) is 25.0 Å². The number of rotatable bonds is 6. The Hall–Kier alpha value is -2.76. The molecule has 0 saturated carbocycles. The molecule has 3 rings (SSSR count). The molecule has 0 radical (unpaired) electrons. The Kier molecular flexibility index (Phi) is 5.72. The lowest BCUT2D eigenvalue weighted by molar-refractivity contribution is 0.223. The van der Waals surface area contributed by atoms with Crippen LogP contribution in [0.15, 0.2) is 42.6 Å². The first-order valence-corrected chi connectivity index (χ1v) is 8.65. The number of pyridine rings is 1. The number of hydrogen-bond acceptors (Lipinski definition) is 4. The van der Waals surface area contributed by atoms with Gasteiger partial charge in [0, 0.05) is 31.3 Å². The van der Waals surface area contributed by atoms with Gasteiger partial charge in [0.2, 0.25) is 0 Å². The topological polar surface area (TPSA) is 75.3 Å². The number of benzene rings is 1. The SMILES string of the molecule is Cc1ccc(NCCCNC(=O)N[C@H]2CCOc3ccccc32)nc1. The molecule has 0 saturated heterocycles. The Balaban J connectivity index is 1.37. The molecule has 3 N–H and O–H groups in total. The number of nitrogens with one attached hydrogen (secondary N) is 3. The van der Waals surface area contributed by atoms with Gasteiger partial charge in [0.15, 0.2) is 0 Å². The summed E-state index contributed by atoms with van der Waals surface area (Å²) in [7, 11) is 0. The molecule has 0 bridgehead atoms. The summed E-state index contributed by atoms with van der Waals surface area (Å²) in [5, 5.41) is 9.17. The minimum Gasteiger partial charge on any atom is -0.493 e. The quantitative estimate of drug-likeness (QED) is 0.707. The zero-order valence-electron chi connectivity index (χ0n) is 14.4. The molecule has 2 amide bonds. The van der Waals surface area contributed by atoms with Gasteiger partial charge in [-0.1, -0.05) is 24.3 Å². The summed E-state index contributed by atoms with van der Waals surface area (Å²) in [5.41, 5.74) is 2.18. The molecule has 0 spiro atoms. The van der Waals surface area contributed by atoms with Crippen LogP contribution in [-0.4, -0.2) is 30.7 Å². The highest BCUT2D eigenvalue weighted by Crippen LogP contribution is 2.31. The van der Waals surface area contributed by atoms with E-state index in [9.17, 15) is 4.79 Å². The second-order valence-electron chi connectivity index (χ2n) is 6.13. The van der Waals surface area contributed by atoms with Crippen LogP contribution in [0.1, 0.15) is 30.0 Å². The van der Waals surface area contributed by atoms with Crippen molar-refractivity contribution < 1.29 is 9.53 Å². The Morgan fingerprint density at radius 3 is 2.96 bits per heavy atom. The molecule has 0 fully saturated rings. The van der Waals surface area contributed by atoms with E-state index in [-0.39, 0.29) is 12.1 Å². The lowest BCUT2D eigenvalue weighted by atomic mass is 10.0. The molecule has 0 unspecified atom stereocenters. The van der Waals surface area contributed by atoms with Crippen molar-refractivity contribution in [3.63, 3.8) is 0 Å². The van der Waals surface area contributed by atoms with Crippen molar-refractivity contribution >= 4 is 11.8 Å². The van der Waals surface area contributed by atoms with E-state index in [1.54, 1.807) is 0 Å². The lowest BCUT2D eigenvalue weighted by Crippen LogP contribution is -2.40. The van der Waals surface area contributed by atoms with Crippen LogP contribution < -0.4 is 20.7 Å². The summed E-state index contributed by atoms with van der Waals surface area (Å²) in [4.78, 5) is 16.4. The molecule has 25 heavy (non-hydrogen) atoms. The zero-order chi connectivity index (χ0) is 17.5. The maximum absolute atomic E-state index is 12.1. The normalized spacial score (nSPS) is 15.6. The summed E-state index contributed by atoms with van der Waals surface area (Å²) in [5.74, 6) is 1.71. The third-order valence-corrected chi connectivity index (χ3v) is 4.12. The summed E-state index contributed by atoms with van der Waals surface area (Å²) < 4.78 is 5.61. The predicted octanol–water partition coefficient (Wildman–Crippen LogP) is 3.02. The molecule has 1 aromatic heterocycles. The van der Waals surface area contributed by atoms with Crippen molar-refractivity contribution in [1.82, 2.24) is 15.6 Å². The number of fused-ring (bicyclic) bond motifs is 1. The first-order valence-electron chi connectivity index (χ1n) is 8.65. The molecule has 1 aliphatic heterocycles. The van der Waals surface area contributed by atoms with Crippen LogP contribution in [-0.2, 0) is 0 Å². The summed E-state index contributed by atoms with van der Waals surface area (Å²) in [6.07, 6.45) is 3.44. The predicted molar refractivity (Wildman–Crippen MR) is 97.9 cm³/mol. The molecule has 2 heterocycles. The summed E-state index contributed by atoms with van der Waals surface area (Å²) in [6, 6.07) is 11.7. The van der Waals surface area contributed by atoms with Crippen molar-refractivity contribution in [2.45, 2.75) is 25.8 Å². The first-order chi connectivity index (χ1) is 12.2. The maximum atomic E-state index is 12.1. The van der Waals surface area contributed by atoms with Crippen LogP contribution in [0.2, 0.25) is 0 Å². The molecule has 0 aliphatic carbocycles. The molecule has 132 valence electrons. The molecular weight excluding hydrogens is 316 g/mol. The number of nitrogens with zero attached hydrogens (tertiary/aromatic N) is 1. The van der Waals surface area contributed by atoms with Gasteiger partial charge in [0.05, 0.1) is 12.6 Å². The molecule has 6 nitrogen and oxygen atoms in total. The van der Waals surface area contributed by atoms with Crippen molar-refractivity contribution in [3.8, 4) is 5.75 Å². The molecular formula is C19H24N4O2. The van der Waals surface area contributed by atoms with E-state index in [0.717, 1.165) is 42.1 Å². The van der Waals surface area contributed by atoms with E-state index in [1.165, 1.54) is 0 Å². The van der Waals surface area contributed by atoms with Gasteiger partial charge in [-0.15, -0.1) is 0 Å². The van der Waals surface area contributed by atoms with Gasteiger partial charge >= 0.3 is 6.03 Å². The number of aromatic nitrogens is 1. The fourth-order valence-electron chi connectivity index (χ4n) is 2.78. The summed E-state index contributed by atoms with van der Waals surface area (Å²) >= 11 is 0. The van der Waals surface area contributed by atoms with Gasteiger partial charge in [-0.05, 0) is 31.0 Å². The van der Waals surface area contributed by atoms with Crippen molar-refractivity contribution in [3.05, 3.63) is 53.7 Å². The second-order valence-corrected chi connectivity index (χ2v) is 6.13. The van der Waals surface area contributed by atoms with Gasteiger partial charge < -0.3 is 20.7 Å². The second kappa shape index (κ2) is 8.37. The molecule has 2 aromatic rings.